The molecule has 1 fully saturated rings. The van der Waals surface area contributed by atoms with E-state index in [-0.39, 0.29) is 35.2 Å². The Bertz CT molecular complexity index is 1750. The molecular weight excluding hydrogens is 428 g/mol. The number of benzene rings is 1. The van der Waals surface area contributed by atoms with Crippen molar-refractivity contribution in [3.63, 3.8) is 0 Å². The number of fused-ring (bicyclic) bond motifs is 3. The van der Waals surface area contributed by atoms with Crippen LogP contribution in [0.2, 0.25) is 0 Å². The first-order chi connectivity index (χ1) is 18.7. The smallest absolute Gasteiger partial charge is 0.306 e. The second-order valence-electron chi connectivity index (χ2n) is 8.66. The molecule has 1 aromatic carbocycles. The third-order valence-corrected chi connectivity index (χ3v) is 6.65. The van der Waals surface area contributed by atoms with Crippen molar-refractivity contribution in [2.75, 3.05) is 0 Å². The first kappa shape index (κ1) is 15.7. The van der Waals surface area contributed by atoms with Crippen LogP contribution in [-0.2, 0) is 4.79 Å². The highest BCUT2D eigenvalue weighted by Crippen LogP contribution is 2.39. The minimum absolute atomic E-state index is 0.0403. The van der Waals surface area contributed by atoms with Gasteiger partial charge in [0.15, 0.2) is 11.3 Å². The van der Waals surface area contributed by atoms with Gasteiger partial charge < -0.3 is 5.11 Å². The average Bonchev–Trinajstić information content (AvgIpc) is 3.54. The summed E-state index contributed by atoms with van der Waals surface area (Å²) in [5.41, 5.74) is 4.68. The molecule has 0 aliphatic heterocycles. The maximum Gasteiger partial charge on any atom is 0.306 e. The predicted octanol–water partition coefficient (Wildman–Crippen LogP) is 5.00. The number of hydrogen-bond donors (Lipinski definition) is 2. The molecule has 0 amide bonds. The average molecular weight is 458 g/mol. The Morgan fingerprint density at radius 1 is 1.09 bits per heavy atom. The number of rotatable bonds is 4. The van der Waals surface area contributed by atoms with Gasteiger partial charge in [-0.05, 0) is 38.7 Å². The molecule has 0 unspecified atom stereocenters. The van der Waals surface area contributed by atoms with Gasteiger partial charge in [-0.1, -0.05) is 36.3 Å². The number of nitrogens with one attached hydrogen (secondary N) is 1. The molecule has 1 saturated carbocycles. The first-order valence-corrected chi connectivity index (χ1v) is 11.2. The molecule has 1 aliphatic carbocycles. The van der Waals surface area contributed by atoms with E-state index >= 15 is 0 Å². The Labute approximate surface area is 202 Å². The SMILES string of the molecule is [2H]c1c([2H])c([2H])c(-c2ccc(-c3cnn4c3nc(C3CCC(C(=O)O)CC3)c3c(C)[nH]nc34)cn2)c([2H])c1[2H]. The van der Waals surface area contributed by atoms with Crippen LogP contribution in [0.15, 0.2) is 54.7 Å². The first-order valence-electron chi connectivity index (χ1n) is 13.7. The zero-order valence-electron chi connectivity index (χ0n) is 23.4. The summed E-state index contributed by atoms with van der Waals surface area (Å²) in [6.45, 7) is 1.93. The number of nitrogens with zero attached hydrogens (tertiary/aromatic N) is 5. The number of carboxylic acids is 1. The van der Waals surface area contributed by atoms with E-state index in [1.54, 1.807) is 29.0 Å². The number of aromatic nitrogens is 6. The molecule has 6 rings (SSSR count). The number of aryl methyl sites for hydroxylation is 1. The lowest BCUT2D eigenvalue weighted by Crippen LogP contribution is -2.21. The largest absolute Gasteiger partial charge is 0.481 e. The molecule has 5 aromatic rings. The third kappa shape index (κ3) is 3.34. The van der Waals surface area contributed by atoms with E-state index < -0.39 is 24.1 Å². The van der Waals surface area contributed by atoms with Crippen LogP contribution in [0, 0.1) is 12.8 Å². The highest BCUT2D eigenvalue weighted by Gasteiger charge is 2.30. The van der Waals surface area contributed by atoms with Crippen molar-refractivity contribution in [2.45, 2.75) is 38.5 Å². The number of pyridine rings is 1. The normalized spacial score (nSPS) is 20.6. The second-order valence-corrected chi connectivity index (χ2v) is 8.66. The van der Waals surface area contributed by atoms with E-state index in [4.69, 9.17) is 11.8 Å². The van der Waals surface area contributed by atoms with E-state index in [0.717, 1.165) is 29.6 Å². The Morgan fingerprint density at radius 3 is 2.59 bits per heavy atom. The van der Waals surface area contributed by atoms with E-state index in [1.807, 2.05) is 6.92 Å². The maximum absolute atomic E-state index is 11.5. The Hall–Kier alpha value is -4.07. The third-order valence-electron chi connectivity index (χ3n) is 6.65. The fourth-order valence-corrected chi connectivity index (χ4v) is 4.84. The van der Waals surface area contributed by atoms with Gasteiger partial charge in [0.25, 0.3) is 0 Å². The summed E-state index contributed by atoms with van der Waals surface area (Å²) in [5.74, 6) is -0.986. The number of carboxylic acid groups (broad SMARTS) is 1. The van der Waals surface area contributed by atoms with Crippen LogP contribution in [0.25, 0.3) is 39.1 Å². The lowest BCUT2D eigenvalue weighted by molar-refractivity contribution is -0.142. The van der Waals surface area contributed by atoms with Crippen molar-refractivity contribution in [3.05, 3.63) is 66.1 Å². The fourth-order valence-electron chi connectivity index (χ4n) is 4.84. The van der Waals surface area contributed by atoms with Gasteiger partial charge in [0.2, 0.25) is 0 Å². The molecular formula is C26H24N6O2. The van der Waals surface area contributed by atoms with Crippen LogP contribution < -0.4 is 0 Å². The van der Waals surface area contributed by atoms with Gasteiger partial charge in [0.05, 0.1) is 35.7 Å². The van der Waals surface area contributed by atoms with Crippen molar-refractivity contribution in [2.24, 2.45) is 5.92 Å². The molecule has 0 spiro atoms. The molecule has 34 heavy (non-hydrogen) atoms. The summed E-state index contributed by atoms with van der Waals surface area (Å²) < 4.78 is 41.8. The summed E-state index contributed by atoms with van der Waals surface area (Å²) in [6.07, 6.45) is 5.89. The van der Waals surface area contributed by atoms with E-state index in [9.17, 15) is 9.90 Å². The van der Waals surface area contributed by atoms with Crippen molar-refractivity contribution in [3.8, 4) is 22.4 Å². The Morgan fingerprint density at radius 2 is 1.88 bits per heavy atom. The van der Waals surface area contributed by atoms with Crippen LogP contribution in [-0.4, -0.2) is 40.9 Å². The molecule has 1 aliphatic rings. The molecule has 0 atom stereocenters. The number of hydrogen-bond acceptors (Lipinski definition) is 5. The molecule has 0 bridgehead atoms. The van der Waals surface area contributed by atoms with Gasteiger partial charge >= 0.3 is 5.97 Å². The monoisotopic (exact) mass is 457 g/mol. The van der Waals surface area contributed by atoms with Crippen molar-refractivity contribution in [1.82, 2.24) is 29.8 Å². The van der Waals surface area contributed by atoms with Crippen LogP contribution in [0.1, 0.15) is 49.8 Å². The van der Waals surface area contributed by atoms with Gasteiger partial charge in [0, 0.05) is 34.5 Å². The summed E-state index contributed by atoms with van der Waals surface area (Å²) in [7, 11) is 0. The molecule has 170 valence electrons. The summed E-state index contributed by atoms with van der Waals surface area (Å²) in [6, 6.07) is 1.50. The Kier molecular flexibility index (Phi) is 3.72. The highest BCUT2D eigenvalue weighted by atomic mass is 16.4. The molecule has 2 N–H and O–H groups in total. The lowest BCUT2D eigenvalue weighted by atomic mass is 9.79. The maximum atomic E-state index is 11.5. The topological polar surface area (TPSA) is 109 Å². The zero-order valence-corrected chi connectivity index (χ0v) is 18.4. The number of H-pyrrole nitrogens is 1. The fraction of sp³-hybridized carbons (Fsp3) is 0.269. The van der Waals surface area contributed by atoms with E-state index in [1.165, 1.54) is 0 Å². The quantitative estimate of drug-likeness (QED) is 0.393. The van der Waals surface area contributed by atoms with Crippen LogP contribution in [0.3, 0.4) is 0 Å². The minimum Gasteiger partial charge on any atom is -0.481 e. The van der Waals surface area contributed by atoms with Gasteiger partial charge in [0.1, 0.15) is 0 Å². The summed E-state index contributed by atoms with van der Waals surface area (Å²) >= 11 is 0. The molecule has 4 aromatic heterocycles. The van der Waals surface area contributed by atoms with Crippen LogP contribution in [0.5, 0.6) is 0 Å². The van der Waals surface area contributed by atoms with E-state index in [0.29, 0.717) is 35.3 Å². The summed E-state index contributed by atoms with van der Waals surface area (Å²) in [4.78, 5) is 20.9. The van der Waals surface area contributed by atoms with Gasteiger partial charge in [-0.3, -0.25) is 14.9 Å². The molecule has 0 radical (unpaired) electrons. The second kappa shape index (κ2) is 8.06. The van der Waals surface area contributed by atoms with Gasteiger partial charge in [-0.15, -0.1) is 0 Å². The minimum atomic E-state index is -0.751. The lowest BCUT2D eigenvalue weighted by Gasteiger charge is -2.26. The summed E-state index contributed by atoms with van der Waals surface area (Å²) in [5, 5.41) is 22.4. The number of aliphatic carboxylic acids is 1. The molecule has 0 saturated heterocycles. The molecule has 4 heterocycles. The van der Waals surface area contributed by atoms with Crippen molar-refractivity contribution in [1.29, 1.82) is 0 Å². The van der Waals surface area contributed by atoms with Crippen LogP contribution in [0.4, 0.5) is 0 Å². The van der Waals surface area contributed by atoms with Gasteiger partial charge in [-0.25, -0.2) is 4.98 Å². The van der Waals surface area contributed by atoms with E-state index in [2.05, 4.69) is 20.3 Å². The highest BCUT2D eigenvalue weighted by molar-refractivity contribution is 5.87. The molecule has 8 heteroatoms. The number of aromatic amines is 1. The predicted molar refractivity (Wildman–Crippen MR) is 128 cm³/mol. The molecule has 8 nitrogen and oxygen atoms in total. The van der Waals surface area contributed by atoms with Crippen LogP contribution >= 0.6 is 0 Å². The van der Waals surface area contributed by atoms with Crippen molar-refractivity contribution >= 4 is 22.6 Å². The standard InChI is InChI=1S/C26H24N6O2/c1-15-22-23(17-7-9-18(10-8-17)26(33)34)29-24-20(14-28-32(24)25(22)31-30-15)19-11-12-21(27-13-19)16-5-3-2-4-6-16/h2-6,11-14,17-18H,7-10H2,1H3,(H,30,31)(H,33,34)/i2D,3D,4D,5D,6D. The number of carbonyl (C=O) groups is 1. The Balaban J connectivity index is 1.44. The zero-order chi connectivity index (χ0) is 27.6. The van der Waals surface area contributed by atoms with Gasteiger partial charge in [-0.2, -0.15) is 14.7 Å². The van der Waals surface area contributed by atoms with Crippen molar-refractivity contribution < 1.29 is 16.8 Å².